The Hall–Kier alpha value is -0.850. The molecule has 3 N–H and O–H groups in total. The topological polar surface area (TPSA) is 85.3 Å². The third-order valence-corrected chi connectivity index (χ3v) is 2.46. The predicted molar refractivity (Wildman–Crippen MR) is 53.3 cm³/mol. The first kappa shape index (κ1) is 11.2. The molecule has 0 saturated carbocycles. The molecule has 0 fully saturated rings. The normalized spacial score (nSPS) is 11.8. The van der Waals surface area contributed by atoms with E-state index in [2.05, 4.69) is 5.32 Å². The minimum atomic E-state index is -3.34. The summed E-state index contributed by atoms with van der Waals surface area (Å²) < 4.78 is 26.2. The average molecular weight is 218 g/mol. The van der Waals surface area contributed by atoms with E-state index in [-0.39, 0.29) is 5.75 Å². The van der Waals surface area contributed by atoms with Crippen molar-refractivity contribution < 1.29 is 12.8 Å². The highest BCUT2D eigenvalue weighted by Crippen LogP contribution is 1.99. The molecule has 14 heavy (non-hydrogen) atoms. The van der Waals surface area contributed by atoms with Crippen LogP contribution in [-0.4, -0.2) is 27.3 Å². The van der Waals surface area contributed by atoms with Gasteiger partial charge in [0.15, 0.2) is 0 Å². The van der Waals surface area contributed by atoms with E-state index >= 15 is 0 Å². The fourth-order valence-corrected chi connectivity index (χ4v) is 1.43. The molecule has 1 rings (SSSR count). The Morgan fingerprint density at radius 1 is 1.43 bits per heavy atom. The van der Waals surface area contributed by atoms with E-state index in [1.807, 2.05) is 12.1 Å². The highest BCUT2D eigenvalue weighted by Gasteiger charge is 2.01. The molecule has 0 amide bonds. The van der Waals surface area contributed by atoms with E-state index in [0.29, 0.717) is 13.1 Å². The molecule has 80 valence electrons. The highest BCUT2D eigenvalue weighted by atomic mass is 32.2. The molecule has 0 atom stereocenters. The SMILES string of the molecule is NS(=O)(=O)CCNCCc1ccco1. The third-order valence-electron chi connectivity index (χ3n) is 1.69. The van der Waals surface area contributed by atoms with E-state index < -0.39 is 10.0 Å². The molecule has 0 aliphatic rings. The van der Waals surface area contributed by atoms with Crippen LogP contribution in [0.1, 0.15) is 5.76 Å². The minimum absolute atomic E-state index is 0.0366. The average Bonchev–Trinajstić information content (AvgIpc) is 2.54. The van der Waals surface area contributed by atoms with Gasteiger partial charge in [0.1, 0.15) is 5.76 Å². The lowest BCUT2D eigenvalue weighted by atomic mass is 10.3. The Morgan fingerprint density at radius 2 is 2.21 bits per heavy atom. The largest absolute Gasteiger partial charge is 0.469 e. The summed E-state index contributed by atoms with van der Waals surface area (Å²) in [5, 5.41) is 7.79. The van der Waals surface area contributed by atoms with Gasteiger partial charge < -0.3 is 9.73 Å². The van der Waals surface area contributed by atoms with Gasteiger partial charge in [-0.1, -0.05) is 0 Å². The molecule has 0 aliphatic heterocycles. The first-order chi connectivity index (χ1) is 6.58. The maximum Gasteiger partial charge on any atom is 0.210 e. The van der Waals surface area contributed by atoms with E-state index in [4.69, 9.17) is 9.56 Å². The summed E-state index contributed by atoms with van der Waals surface area (Å²) >= 11 is 0. The molecule has 0 bridgehead atoms. The summed E-state index contributed by atoms with van der Waals surface area (Å²) in [5.41, 5.74) is 0. The lowest BCUT2D eigenvalue weighted by molar-refractivity contribution is 0.501. The van der Waals surface area contributed by atoms with Crippen molar-refractivity contribution in [2.75, 3.05) is 18.8 Å². The van der Waals surface area contributed by atoms with Crippen molar-refractivity contribution in [3.8, 4) is 0 Å². The third kappa shape index (κ3) is 5.00. The van der Waals surface area contributed by atoms with Crippen LogP contribution in [0.3, 0.4) is 0 Å². The van der Waals surface area contributed by atoms with Gasteiger partial charge in [-0.15, -0.1) is 0 Å². The smallest absolute Gasteiger partial charge is 0.210 e. The number of sulfonamides is 1. The van der Waals surface area contributed by atoms with E-state index in [1.54, 1.807) is 6.26 Å². The van der Waals surface area contributed by atoms with Crippen LogP contribution in [0.5, 0.6) is 0 Å². The highest BCUT2D eigenvalue weighted by molar-refractivity contribution is 7.89. The fourth-order valence-electron chi connectivity index (χ4n) is 1.01. The second kappa shape index (κ2) is 5.14. The summed E-state index contributed by atoms with van der Waals surface area (Å²) in [4.78, 5) is 0. The van der Waals surface area contributed by atoms with Crippen LogP contribution >= 0.6 is 0 Å². The van der Waals surface area contributed by atoms with Crippen LogP contribution < -0.4 is 10.5 Å². The van der Waals surface area contributed by atoms with Gasteiger partial charge >= 0.3 is 0 Å². The van der Waals surface area contributed by atoms with Gasteiger partial charge in [0.05, 0.1) is 12.0 Å². The number of rotatable bonds is 6. The predicted octanol–water partition coefficient (Wildman–Crippen LogP) is -0.300. The second-order valence-electron chi connectivity index (χ2n) is 2.95. The first-order valence-electron chi connectivity index (χ1n) is 4.31. The van der Waals surface area contributed by atoms with E-state index in [9.17, 15) is 8.42 Å². The molecule has 6 heteroatoms. The lowest BCUT2D eigenvalue weighted by Gasteiger charge is -2.01. The van der Waals surface area contributed by atoms with Gasteiger partial charge in [0, 0.05) is 19.5 Å². The fraction of sp³-hybridized carbons (Fsp3) is 0.500. The number of primary sulfonamides is 1. The zero-order valence-electron chi connectivity index (χ0n) is 7.77. The number of hydrogen-bond acceptors (Lipinski definition) is 4. The Balaban J connectivity index is 2.06. The molecule has 0 aromatic carbocycles. The number of hydrogen-bond donors (Lipinski definition) is 2. The number of nitrogens with one attached hydrogen (secondary N) is 1. The van der Waals surface area contributed by atoms with E-state index in [1.165, 1.54) is 0 Å². The summed E-state index contributed by atoms with van der Waals surface area (Å²) in [6, 6.07) is 3.70. The quantitative estimate of drug-likeness (QED) is 0.642. The Morgan fingerprint density at radius 3 is 2.79 bits per heavy atom. The minimum Gasteiger partial charge on any atom is -0.469 e. The monoisotopic (exact) mass is 218 g/mol. The molecule has 5 nitrogen and oxygen atoms in total. The maximum absolute atomic E-state index is 10.5. The second-order valence-corrected chi connectivity index (χ2v) is 4.68. The van der Waals surface area contributed by atoms with Crippen LogP contribution in [-0.2, 0) is 16.4 Å². The molecular formula is C8H14N2O3S. The lowest BCUT2D eigenvalue weighted by Crippen LogP contribution is -2.28. The van der Waals surface area contributed by atoms with Gasteiger partial charge in [-0.2, -0.15) is 0 Å². The summed E-state index contributed by atoms with van der Waals surface area (Å²) in [6.45, 7) is 1.06. The molecule has 1 aromatic heterocycles. The van der Waals surface area contributed by atoms with Gasteiger partial charge in [0.25, 0.3) is 0 Å². The van der Waals surface area contributed by atoms with Gasteiger partial charge in [0.2, 0.25) is 10.0 Å². The van der Waals surface area contributed by atoms with Gasteiger partial charge in [-0.25, -0.2) is 13.6 Å². The molecule has 1 aromatic rings. The number of furan rings is 1. The molecule has 0 spiro atoms. The Labute approximate surface area is 83.3 Å². The summed E-state index contributed by atoms with van der Waals surface area (Å²) in [7, 11) is -3.34. The Bertz CT molecular complexity index is 345. The molecular weight excluding hydrogens is 204 g/mol. The van der Waals surface area contributed by atoms with Crippen LogP contribution in [0.2, 0.25) is 0 Å². The Kier molecular flexibility index (Phi) is 4.12. The van der Waals surface area contributed by atoms with Gasteiger partial charge in [-0.05, 0) is 12.1 Å². The number of nitrogens with two attached hydrogens (primary N) is 1. The van der Waals surface area contributed by atoms with Crippen molar-refractivity contribution in [2.45, 2.75) is 6.42 Å². The van der Waals surface area contributed by atoms with Crippen LogP contribution in [0, 0.1) is 0 Å². The standard InChI is InChI=1S/C8H14N2O3S/c9-14(11,12)7-5-10-4-3-8-2-1-6-13-8/h1-2,6,10H,3-5,7H2,(H2,9,11,12). The van der Waals surface area contributed by atoms with E-state index in [0.717, 1.165) is 12.2 Å². The van der Waals surface area contributed by atoms with Crippen molar-refractivity contribution in [1.29, 1.82) is 0 Å². The van der Waals surface area contributed by atoms with Crippen molar-refractivity contribution in [3.63, 3.8) is 0 Å². The zero-order chi connectivity index (χ0) is 10.4. The van der Waals surface area contributed by atoms with Crippen molar-refractivity contribution in [1.82, 2.24) is 5.32 Å². The van der Waals surface area contributed by atoms with Crippen LogP contribution in [0.15, 0.2) is 22.8 Å². The first-order valence-corrected chi connectivity index (χ1v) is 6.03. The summed E-state index contributed by atoms with van der Waals surface area (Å²) in [6.07, 6.45) is 2.36. The summed E-state index contributed by atoms with van der Waals surface area (Å²) in [5.74, 6) is 0.846. The molecule has 0 aliphatic carbocycles. The van der Waals surface area contributed by atoms with Crippen molar-refractivity contribution in [2.24, 2.45) is 5.14 Å². The maximum atomic E-state index is 10.5. The van der Waals surface area contributed by atoms with Crippen LogP contribution in [0.25, 0.3) is 0 Å². The molecule has 1 heterocycles. The molecule has 0 saturated heterocycles. The molecule has 0 radical (unpaired) electrons. The van der Waals surface area contributed by atoms with Gasteiger partial charge in [-0.3, -0.25) is 0 Å². The van der Waals surface area contributed by atoms with Crippen molar-refractivity contribution in [3.05, 3.63) is 24.2 Å². The van der Waals surface area contributed by atoms with Crippen molar-refractivity contribution >= 4 is 10.0 Å². The van der Waals surface area contributed by atoms with Crippen LogP contribution in [0.4, 0.5) is 0 Å². The molecule has 0 unspecified atom stereocenters. The zero-order valence-corrected chi connectivity index (χ0v) is 8.59.